The summed E-state index contributed by atoms with van der Waals surface area (Å²) in [5, 5.41) is 0. The summed E-state index contributed by atoms with van der Waals surface area (Å²) in [6.45, 7) is 0.661. The number of benzene rings is 1. The molecule has 1 aliphatic heterocycles. The molecule has 0 aromatic heterocycles. The second kappa shape index (κ2) is 3.96. The van der Waals surface area contributed by atoms with Crippen molar-refractivity contribution >= 4 is 5.69 Å². The summed E-state index contributed by atoms with van der Waals surface area (Å²) < 4.78 is 14.0. The van der Waals surface area contributed by atoms with Crippen molar-refractivity contribution in [3.8, 4) is 0 Å². The molecule has 2 unspecified atom stereocenters. The lowest BCUT2D eigenvalue weighted by Gasteiger charge is -2.38. The van der Waals surface area contributed by atoms with Crippen molar-refractivity contribution in [1.82, 2.24) is 5.48 Å². The number of rotatable bonds is 1. The van der Waals surface area contributed by atoms with E-state index in [1.54, 1.807) is 12.1 Å². The first-order valence-electron chi connectivity index (χ1n) is 6.17. The van der Waals surface area contributed by atoms with Crippen LogP contribution in [0.3, 0.4) is 0 Å². The molecule has 92 valence electrons. The van der Waals surface area contributed by atoms with Gasteiger partial charge in [-0.05, 0) is 31.0 Å². The van der Waals surface area contributed by atoms with Crippen LogP contribution in [-0.4, -0.2) is 6.61 Å². The Morgan fingerprint density at radius 2 is 2.29 bits per heavy atom. The Balaban J connectivity index is 2.08. The van der Waals surface area contributed by atoms with Crippen LogP contribution < -0.4 is 11.2 Å². The van der Waals surface area contributed by atoms with E-state index in [-0.39, 0.29) is 11.4 Å². The number of anilines is 1. The first-order valence-corrected chi connectivity index (χ1v) is 6.17. The summed E-state index contributed by atoms with van der Waals surface area (Å²) in [4.78, 5) is 5.39. The van der Waals surface area contributed by atoms with Crippen molar-refractivity contribution in [2.45, 2.75) is 31.2 Å². The highest BCUT2D eigenvalue weighted by atomic mass is 19.1. The number of halogens is 1. The van der Waals surface area contributed by atoms with Gasteiger partial charge in [-0.15, -0.1) is 0 Å². The van der Waals surface area contributed by atoms with Gasteiger partial charge in [0.1, 0.15) is 5.82 Å². The van der Waals surface area contributed by atoms with E-state index >= 15 is 0 Å². The SMILES string of the molecule is Nc1ccc(F)c(C23CCCCC2CON3)c1. The number of nitrogens with one attached hydrogen (secondary N) is 1. The van der Waals surface area contributed by atoms with E-state index in [0.717, 1.165) is 19.3 Å². The molecule has 1 heterocycles. The number of nitrogen functional groups attached to an aromatic ring is 1. The zero-order chi connectivity index (χ0) is 11.9. The van der Waals surface area contributed by atoms with Crippen LogP contribution in [0.25, 0.3) is 0 Å². The van der Waals surface area contributed by atoms with Crippen LogP contribution in [0, 0.1) is 11.7 Å². The van der Waals surface area contributed by atoms with E-state index in [1.807, 2.05) is 0 Å². The molecule has 0 spiro atoms. The third kappa shape index (κ3) is 1.63. The van der Waals surface area contributed by atoms with Gasteiger partial charge in [-0.2, -0.15) is 5.48 Å². The average molecular weight is 236 g/mol. The monoisotopic (exact) mass is 236 g/mol. The number of hydroxylamine groups is 1. The zero-order valence-electron chi connectivity index (χ0n) is 9.71. The maximum absolute atomic E-state index is 14.0. The molecule has 0 bridgehead atoms. The Labute approximate surface area is 100 Å². The van der Waals surface area contributed by atoms with Crippen molar-refractivity contribution in [3.63, 3.8) is 0 Å². The lowest BCUT2D eigenvalue weighted by molar-refractivity contribution is 0.0535. The van der Waals surface area contributed by atoms with Gasteiger partial charge in [-0.3, -0.25) is 0 Å². The summed E-state index contributed by atoms with van der Waals surface area (Å²) >= 11 is 0. The van der Waals surface area contributed by atoms with Gasteiger partial charge < -0.3 is 10.6 Å². The average Bonchev–Trinajstić information content (AvgIpc) is 2.77. The fourth-order valence-electron chi connectivity index (χ4n) is 3.17. The molecule has 0 radical (unpaired) electrons. The normalized spacial score (nSPS) is 32.4. The number of hydrogen-bond acceptors (Lipinski definition) is 3. The molecule has 2 atom stereocenters. The van der Waals surface area contributed by atoms with Crippen molar-refractivity contribution in [1.29, 1.82) is 0 Å². The molecule has 0 amide bonds. The second-order valence-corrected chi connectivity index (χ2v) is 5.07. The molecule has 17 heavy (non-hydrogen) atoms. The largest absolute Gasteiger partial charge is 0.399 e. The summed E-state index contributed by atoms with van der Waals surface area (Å²) in [5.74, 6) is 0.164. The zero-order valence-corrected chi connectivity index (χ0v) is 9.71. The van der Waals surface area contributed by atoms with Gasteiger partial charge >= 0.3 is 0 Å². The fourth-order valence-corrected chi connectivity index (χ4v) is 3.17. The maximum atomic E-state index is 14.0. The Kier molecular flexibility index (Phi) is 2.56. The van der Waals surface area contributed by atoms with E-state index in [2.05, 4.69) is 5.48 Å². The van der Waals surface area contributed by atoms with E-state index in [1.165, 1.54) is 12.5 Å². The molecule has 3 N–H and O–H groups in total. The molecular weight excluding hydrogens is 219 g/mol. The Bertz CT molecular complexity index is 437. The predicted molar refractivity (Wildman–Crippen MR) is 63.5 cm³/mol. The summed E-state index contributed by atoms with van der Waals surface area (Å²) in [6, 6.07) is 4.80. The van der Waals surface area contributed by atoms with Gasteiger partial charge in [-0.1, -0.05) is 12.8 Å². The van der Waals surface area contributed by atoms with Gasteiger partial charge in [0.25, 0.3) is 0 Å². The second-order valence-electron chi connectivity index (χ2n) is 5.07. The molecule has 3 rings (SSSR count). The van der Waals surface area contributed by atoms with Crippen LogP contribution in [0.1, 0.15) is 31.2 Å². The minimum Gasteiger partial charge on any atom is -0.399 e. The third-order valence-electron chi connectivity index (χ3n) is 4.08. The van der Waals surface area contributed by atoms with Crippen LogP contribution in [-0.2, 0) is 10.4 Å². The van der Waals surface area contributed by atoms with Gasteiger partial charge in [0.15, 0.2) is 0 Å². The summed E-state index contributed by atoms with van der Waals surface area (Å²) in [7, 11) is 0. The Hall–Kier alpha value is -1.13. The maximum Gasteiger partial charge on any atom is 0.128 e. The molecule has 2 fully saturated rings. The topological polar surface area (TPSA) is 47.3 Å². The Morgan fingerprint density at radius 3 is 3.18 bits per heavy atom. The van der Waals surface area contributed by atoms with Crippen molar-refractivity contribution in [3.05, 3.63) is 29.6 Å². The van der Waals surface area contributed by atoms with Crippen molar-refractivity contribution in [2.24, 2.45) is 5.92 Å². The predicted octanol–water partition coefficient (Wildman–Crippen LogP) is 2.33. The fraction of sp³-hybridized carbons (Fsp3) is 0.538. The van der Waals surface area contributed by atoms with Crippen LogP contribution in [0.4, 0.5) is 10.1 Å². The lowest BCUT2D eigenvalue weighted by atomic mass is 9.70. The van der Waals surface area contributed by atoms with Crippen LogP contribution >= 0.6 is 0 Å². The Morgan fingerprint density at radius 1 is 1.41 bits per heavy atom. The van der Waals surface area contributed by atoms with E-state index < -0.39 is 0 Å². The standard InChI is InChI=1S/C13H17FN2O/c14-12-5-4-10(15)7-11(12)13-6-2-1-3-9(13)8-17-16-13/h4-5,7,9,16H,1-3,6,8,15H2. The molecule has 2 aliphatic rings. The van der Waals surface area contributed by atoms with Crippen LogP contribution in [0.5, 0.6) is 0 Å². The summed E-state index contributed by atoms with van der Waals surface area (Å²) in [6.07, 6.45) is 4.29. The summed E-state index contributed by atoms with van der Waals surface area (Å²) in [5.41, 5.74) is 9.75. The smallest absolute Gasteiger partial charge is 0.128 e. The van der Waals surface area contributed by atoms with E-state index in [0.29, 0.717) is 23.8 Å². The lowest BCUT2D eigenvalue weighted by Crippen LogP contribution is -2.44. The van der Waals surface area contributed by atoms with Crippen LogP contribution in [0.15, 0.2) is 18.2 Å². The van der Waals surface area contributed by atoms with Crippen molar-refractivity contribution < 1.29 is 9.23 Å². The van der Waals surface area contributed by atoms with Crippen molar-refractivity contribution in [2.75, 3.05) is 12.3 Å². The quantitative estimate of drug-likeness (QED) is 0.736. The van der Waals surface area contributed by atoms with Gasteiger partial charge in [0, 0.05) is 17.2 Å². The minimum absolute atomic E-state index is 0.191. The molecule has 1 aromatic rings. The molecule has 1 saturated carbocycles. The van der Waals surface area contributed by atoms with E-state index in [9.17, 15) is 4.39 Å². The van der Waals surface area contributed by atoms with Gasteiger partial charge in [0.05, 0.1) is 12.1 Å². The molecule has 1 aromatic carbocycles. The number of fused-ring (bicyclic) bond motifs is 1. The highest BCUT2D eigenvalue weighted by molar-refractivity contribution is 5.44. The third-order valence-corrected chi connectivity index (χ3v) is 4.08. The molecule has 1 saturated heterocycles. The van der Waals surface area contributed by atoms with E-state index in [4.69, 9.17) is 10.6 Å². The van der Waals surface area contributed by atoms with Gasteiger partial charge in [-0.25, -0.2) is 4.39 Å². The molecular formula is C13H17FN2O. The molecule has 1 aliphatic carbocycles. The highest BCUT2D eigenvalue weighted by Crippen LogP contribution is 2.45. The first-order chi connectivity index (χ1) is 8.22. The highest BCUT2D eigenvalue weighted by Gasteiger charge is 2.48. The van der Waals surface area contributed by atoms with Crippen LogP contribution in [0.2, 0.25) is 0 Å². The number of nitrogens with two attached hydrogens (primary N) is 1. The molecule has 3 nitrogen and oxygen atoms in total. The molecule has 4 heteroatoms. The number of hydrogen-bond donors (Lipinski definition) is 2. The first kappa shape index (κ1) is 11.0. The minimum atomic E-state index is -0.363. The van der Waals surface area contributed by atoms with Gasteiger partial charge in [0.2, 0.25) is 0 Å².